The Labute approximate surface area is 65.8 Å². The van der Waals surface area contributed by atoms with Crippen molar-refractivity contribution in [3.63, 3.8) is 0 Å². The molecule has 0 aromatic carbocycles. The van der Waals surface area contributed by atoms with Crippen LogP contribution in [0.1, 0.15) is 6.92 Å². The van der Waals surface area contributed by atoms with Gasteiger partial charge >= 0.3 is 0 Å². The zero-order chi connectivity index (χ0) is 7.12. The Bertz CT molecular complexity index is 273. The van der Waals surface area contributed by atoms with E-state index in [-0.39, 0.29) is 6.10 Å². The summed E-state index contributed by atoms with van der Waals surface area (Å²) in [6.45, 7) is 2.49. The third-order valence-electron chi connectivity index (χ3n) is 6.07. The Balaban J connectivity index is 1.90. The monoisotopic (exact) mass is 148 g/mol. The predicted molar refractivity (Wildman–Crippen MR) is 38.5 cm³/mol. The van der Waals surface area contributed by atoms with Crippen molar-refractivity contribution in [2.45, 2.75) is 13.0 Å². The number of rotatable bonds is 0. The lowest BCUT2D eigenvalue weighted by molar-refractivity contribution is 0.0978. The summed E-state index contributed by atoms with van der Waals surface area (Å²) in [5, 5.41) is 9.86. The van der Waals surface area contributed by atoms with Crippen LogP contribution >= 0.6 is 0 Å². The van der Waals surface area contributed by atoms with E-state index in [9.17, 15) is 5.11 Å². The molecule has 1 heteroatoms. The minimum atomic E-state index is 0.145. The van der Waals surface area contributed by atoms with E-state index in [2.05, 4.69) is 6.92 Å². The van der Waals surface area contributed by atoms with Gasteiger partial charge in [0.1, 0.15) is 0 Å². The van der Waals surface area contributed by atoms with Gasteiger partial charge < -0.3 is 5.11 Å². The van der Waals surface area contributed by atoms with Gasteiger partial charge in [0, 0.05) is 0 Å². The van der Waals surface area contributed by atoms with E-state index in [1.807, 2.05) is 0 Å². The van der Waals surface area contributed by atoms with Crippen LogP contribution in [0.3, 0.4) is 0 Å². The highest BCUT2D eigenvalue weighted by Crippen LogP contribution is 2.99. The van der Waals surface area contributed by atoms with Crippen LogP contribution in [0.2, 0.25) is 0 Å². The van der Waals surface area contributed by atoms with Crippen LogP contribution in [0.4, 0.5) is 0 Å². The number of aliphatic hydroxyl groups is 1. The van der Waals surface area contributed by atoms with Gasteiger partial charge in [0.15, 0.2) is 0 Å². The largest absolute Gasteiger partial charge is 0.393 e. The first-order chi connectivity index (χ1) is 5.28. The lowest BCUT2D eigenvalue weighted by Gasteiger charge is -2.12. The average molecular weight is 148 g/mol. The molecule has 0 radical (unpaired) electrons. The van der Waals surface area contributed by atoms with Crippen LogP contribution in [0.25, 0.3) is 0 Å². The molecule has 0 saturated heterocycles. The first-order valence-corrected chi connectivity index (χ1v) is 4.96. The first-order valence-electron chi connectivity index (χ1n) is 4.96. The number of aliphatic hydroxyl groups excluding tert-OH is 1. The molecule has 3 unspecified atom stereocenters. The third kappa shape index (κ3) is 0.217. The topological polar surface area (TPSA) is 20.2 Å². The summed E-state index contributed by atoms with van der Waals surface area (Å²) < 4.78 is 0. The molecule has 0 aliphatic heterocycles. The van der Waals surface area contributed by atoms with Crippen LogP contribution in [0.15, 0.2) is 0 Å². The molecule has 2 bridgehead atoms. The average Bonchev–Trinajstić information content (AvgIpc) is 2.73. The highest BCUT2D eigenvalue weighted by molar-refractivity contribution is 5.44. The second-order valence-electron chi connectivity index (χ2n) is 5.74. The van der Waals surface area contributed by atoms with Gasteiger partial charge in [-0.05, 0) is 46.8 Å². The van der Waals surface area contributed by atoms with E-state index in [4.69, 9.17) is 0 Å². The van der Waals surface area contributed by atoms with Crippen molar-refractivity contribution in [2.75, 3.05) is 0 Å². The second-order valence-corrected chi connectivity index (χ2v) is 5.74. The van der Waals surface area contributed by atoms with Gasteiger partial charge in [0.25, 0.3) is 0 Å². The highest BCUT2D eigenvalue weighted by atomic mass is 16.3. The fourth-order valence-corrected chi connectivity index (χ4v) is 6.15. The van der Waals surface area contributed by atoms with Gasteiger partial charge in [0.05, 0.1) is 6.10 Å². The standard InChI is InChI=1S/C10H12O/c1-10-6-2-3(6)5-8(10)7(10)4(2)9(5)11/h2-9,11H,1H3/t2-,3+,4-,5-,6?,7-,8+,9?,10?/m1/s1. The summed E-state index contributed by atoms with van der Waals surface area (Å²) in [6, 6.07) is 0. The van der Waals surface area contributed by atoms with E-state index in [1.165, 1.54) is 0 Å². The number of hydrogen-bond donors (Lipinski definition) is 1. The van der Waals surface area contributed by atoms with E-state index in [0.717, 1.165) is 46.8 Å². The molecule has 0 aromatic rings. The van der Waals surface area contributed by atoms with Crippen LogP contribution < -0.4 is 0 Å². The Kier molecular flexibility index (Phi) is 0.393. The SMILES string of the molecule is CC12C3[C@@H]4[C@H]3[C@H]3C(O)[C@H]4[C@@H]1[C@H]32. The van der Waals surface area contributed by atoms with Gasteiger partial charge in [-0.1, -0.05) is 6.92 Å². The minimum absolute atomic E-state index is 0.145. The number of hydrogen-bond acceptors (Lipinski definition) is 1. The lowest BCUT2D eigenvalue weighted by atomic mass is 9.99. The van der Waals surface area contributed by atoms with E-state index in [0.29, 0.717) is 0 Å². The maximum atomic E-state index is 9.86. The summed E-state index contributed by atoms with van der Waals surface area (Å²) in [7, 11) is 0. The second kappa shape index (κ2) is 0.891. The smallest absolute Gasteiger partial charge is 0.0608 e. The summed E-state index contributed by atoms with van der Waals surface area (Å²) >= 11 is 0. The highest BCUT2D eigenvalue weighted by Gasteiger charge is 2.98. The quantitative estimate of drug-likeness (QED) is 0.537. The molecule has 6 saturated carbocycles. The molecule has 0 heterocycles. The maximum absolute atomic E-state index is 9.86. The van der Waals surface area contributed by atoms with Crippen molar-refractivity contribution < 1.29 is 5.11 Å². The van der Waals surface area contributed by atoms with Gasteiger partial charge in [-0.3, -0.25) is 0 Å². The molecule has 0 aromatic heterocycles. The molecule has 11 heavy (non-hydrogen) atoms. The zero-order valence-electron chi connectivity index (χ0n) is 6.57. The molecular formula is C10H12O. The molecule has 0 spiro atoms. The van der Waals surface area contributed by atoms with Crippen LogP contribution in [0, 0.1) is 46.8 Å². The molecule has 0 amide bonds. The fourth-order valence-electron chi connectivity index (χ4n) is 6.15. The normalized spacial score (nSPS) is 96.5. The van der Waals surface area contributed by atoms with Gasteiger partial charge in [0.2, 0.25) is 0 Å². The van der Waals surface area contributed by atoms with Crippen molar-refractivity contribution in [1.82, 2.24) is 0 Å². The molecule has 9 atom stereocenters. The van der Waals surface area contributed by atoms with E-state index in [1.54, 1.807) is 0 Å². The Morgan fingerprint density at radius 1 is 0.909 bits per heavy atom. The molecule has 6 fully saturated rings. The fraction of sp³-hybridized carbons (Fsp3) is 1.00. The molecule has 6 aliphatic carbocycles. The van der Waals surface area contributed by atoms with Gasteiger partial charge in [-0.25, -0.2) is 0 Å². The van der Waals surface area contributed by atoms with Crippen LogP contribution in [0.5, 0.6) is 0 Å². The predicted octanol–water partition coefficient (Wildman–Crippen LogP) is 0.735. The lowest BCUT2D eigenvalue weighted by Crippen LogP contribution is -2.18. The van der Waals surface area contributed by atoms with Crippen molar-refractivity contribution >= 4 is 0 Å². The Morgan fingerprint density at radius 2 is 1.45 bits per heavy atom. The Morgan fingerprint density at radius 3 is 1.73 bits per heavy atom. The Hall–Kier alpha value is -0.0400. The summed E-state index contributed by atoms with van der Waals surface area (Å²) in [5.41, 5.74) is 0.768. The first kappa shape index (κ1) is 4.86. The summed E-state index contributed by atoms with van der Waals surface area (Å²) in [6.07, 6.45) is 0.145. The molecule has 58 valence electrons. The maximum Gasteiger partial charge on any atom is 0.0608 e. The van der Waals surface area contributed by atoms with E-state index < -0.39 is 0 Å². The third-order valence-corrected chi connectivity index (χ3v) is 6.07. The van der Waals surface area contributed by atoms with Crippen molar-refractivity contribution in [3.05, 3.63) is 0 Å². The van der Waals surface area contributed by atoms with Crippen molar-refractivity contribution in [2.24, 2.45) is 46.8 Å². The summed E-state index contributed by atoms with van der Waals surface area (Å²) in [5.74, 6) is 6.65. The zero-order valence-corrected chi connectivity index (χ0v) is 6.57. The molecule has 6 aliphatic rings. The van der Waals surface area contributed by atoms with Gasteiger partial charge in [-0.15, -0.1) is 0 Å². The molecular weight excluding hydrogens is 136 g/mol. The van der Waals surface area contributed by atoms with Gasteiger partial charge in [-0.2, -0.15) is 0 Å². The van der Waals surface area contributed by atoms with E-state index >= 15 is 0 Å². The van der Waals surface area contributed by atoms with Crippen LogP contribution in [-0.2, 0) is 0 Å². The van der Waals surface area contributed by atoms with Crippen LogP contribution in [-0.4, -0.2) is 11.2 Å². The van der Waals surface area contributed by atoms with Crippen molar-refractivity contribution in [3.8, 4) is 0 Å². The molecule has 6 rings (SSSR count). The molecule has 1 nitrogen and oxygen atoms in total. The summed E-state index contributed by atoms with van der Waals surface area (Å²) in [4.78, 5) is 0. The molecule has 1 N–H and O–H groups in total. The van der Waals surface area contributed by atoms with Crippen molar-refractivity contribution in [1.29, 1.82) is 0 Å². The minimum Gasteiger partial charge on any atom is -0.393 e.